The third-order valence-corrected chi connectivity index (χ3v) is 3.58. The van der Waals surface area contributed by atoms with E-state index in [1.54, 1.807) is 6.07 Å². The zero-order chi connectivity index (χ0) is 9.42. The van der Waals surface area contributed by atoms with Crippen LogP contribution < -0.4 is 0 Å². The van der Waals surface area contributed by atoms with Crippen LogP contribution in [0.2, 0.25) is 0 Å². The Kier molecular flexibility index (Phi) is 2.41. The first-order valence-corrected chi connectivity index (χ1v) is 5.42. The highest BCUT2D eigenvalue weighted by Gasteiger charge is 2.14. The van der Waals surface area contributed by atoms with Crippen LogP contribution >= 0.6 is 22.6 Å². The van der Waals surface area contributed by atoms with Gasteiger partial charge in [-0.25, -0.2) is 4.39 Å². The third-order valence-electron chi connectivity index (χ3n) is 2.41. The van der Waals surface area contributed by atoms with Gasteiger partial charge in [0.25, 0.3) is 0 Å². The molecule has 0 fully saturated rings. The highest BCUT2D eigenvalue weighted by molar-refractivity contribution is 14.1. The Morgan fingerprint density at radius 2 is 2.23 bits per heavy atom. The number of hydrogen-bond donors (Lipinski definition) is 0. The molecule has 0 atom stereocenters. The molecule has 0 N–H and O–H groups in total. The highest BCUT2D eigenvalue weighted by atomic mass is 127. The quantitative estimate of drug-likeness (QED) is 0.639. The van der Waals surface area contributed by atoms with Crippen molar-refractivity contribution in [3.05, 3.63) is 38.2 Å². The average molecular weight is 288 g/mol. The summed E-state index contributed by atoms with van der Waals surface area (Å²) in [7, 11) is 0. The lowest BCUT2D eigenvalue weighted by Crippen LogP contribution is -2.02. The van der Waals surface area contributed by atoms with E-state index >= 15 is 0 Å². The summed E-state index contributed by atoms with van der Waals surface area (Å²) in [5.41, 5.74) is 3.45. The molecule has 0 nitrogen and oxygen atoms in total. The van der Waals surface area contributed by atoms with E-state index in [1.807, 2.05) is 6.92 Å². The minimum Gasteiger partial charge on any atom is -0.206 e. The SMILES string of the molecule is Cc1cc(F)c(I)c2c1C=CCC2. The largest absolute Gasteiger partial charge is 0.206 e. The van der Waals surface area contributed by atoms with Crippen LogP contribution in [0.25, 0.3) is 6.08 Å². The Hall–Kier alpha value is -0.380. The second kappa shape index (κ2) is 3.40. The van der Waals surface area contributed by atoms with Crippen LogP contribution in [0.15, 0.2) is 12.1 Å². The molecule has 0 saturated carbocycles. The van der Waals surface area contributed by atoms with Gasteiger partial charge in [-0.2, -0.15) is 0 Å². The molecule has 1 aromatic rings. The van der Waals surface area contributed by atoms with Crippen molar-refractivity contribution in [1.82, 2.24) is 0 Å². The molecule has 0 aliphatic heterocycles. The number of fused-ring (bicyclic) bond motifs is 1. The number of hydrogen-bond acceptors (Lipinski definition) is 0. The summed E-state index contributed by atoms with van der Waals surface area (Å²) in [4.78, 5) is 0. The Balaban J connectivity index is 2.71. The fraction of sp³-hybridized carbons (Fsp3) is 0.273. The van der Waals surface area contributed by atoms with Crippen molar-refractivity contribution in [3.8, 4) is 0 Å². The fourth-order valence-corrected chi connectivity index (χ4v) is 2.45. The van der Waals surface area contributed by atoms with E-state index in [-0.39, 0.29) is 5.82 Å². The molecule has 0 spiro atoms. The van der Waals surface area contributed by atoms with Crippen LogP contribution in [-0.4, -0.2) is 0 Å². The van der Waals surface area contributed by atoms with Crippen LogP contribution in [-0.2, 0) is 6.42 Å². The molecule has 1 aliphatic carbocycles. The van der Waals surface area contributed by atoms with E-state index in [0.29, 0.717) is 0 Å². The summed E-state index contributed by atoms with van der Waals surface area (Å²) < 4.78 is 14.1. The van der Waals surface area contributed by atoms with Gasteiger partial charge >= 0.3 is 0 Å². The predicted molar refractivity (Wildman–Crippen MR) is 61.2 cm³/mol. The maximum Gasteiger partial charge on any atom is 0.137 e. The van der Waals surface area contributed by atoms with E-state index in [4.69, 9.17) is 0 Å². The van der Waals surface area contributed by atoms with Gasteiger partial charge in [-0.3, -0.25) is 0 Å². The Labute approximate surface area is 91.0 Å². The number of rotatable bonds is 0. The number of allylic oxidation sites excluding steroid dienone is 1. The van der Waals surface area contributed by atoms with Crippen molar-refractivity contribution in [2.75, 3.05) is 0 Å². The minimum atomic E-state index is -0.0767. The topological polar surface area (TPSA) is 0 Å². The molecule has 0 amide bonds. The Bertz CT molecular complexity index is 380. The summed E-state index contributed by atoms with van der Waals surface area (Å²) in [6.45, 7) is 1.97. The van der Waals surface area contributed by atoms with Gasteiger partial charge in [0.2, 0.25) is 0 Å². The fourth-order valence-electron chi connectivity index (χ4n) is 1.74. The summed E-state index contributed by atoms with van der Waals surface area (Å²) in [5.74, 6) is -0.0767. The molecular formula is C11H10FI. The molecule has 0 radical (unpaired) electrons. The van der Waals surface area contributed by atoms with Gasteiger partial charge in [-0.05, 0) is 65.1 Å². The predicted octanol–water partition coefficient (Wildman–Crippen LogP) is 3.70. The molecule has 2 rings (SSSR count). The van der Waals surface area contributed by atoms with E-state index in [2.05, 4.69) is 34.7 Å². The van der Waals surface area contributed by atoms with Crippen LogP contribution in [0.1, 0.15) is 23.1 Å². The van der Waals surface area contributed by atoms with Crippen LogP contribution in [0.3, 0.4) is 0 Å². The Morgan fingerprint density at radius 1 is 1.46 bits per heavy atom. The highest BCUT2D eigenvalue weighted by Crippen LogP contribution is 2.28. The van der Waals surface area contributed by atoms with Crippen LogP contribution in [0.4, 0.5) is 4.39 Å². The molecule has 68 valence electrons. The smallest absolute Gasteiger partial charge is 0.137 e. The normalized spacial score (nSPS) is 14.4. The lowest BCUT2D eigenvalue weighted by molar-refractivity contribution is 0.615. The van der Waals surface area contributed by atoms with E-state index in [0.717, 1.165) is 22.0 Å². The van der Waals surface area contributed by atoms with Crippen molar-refractivity contribution >= 4 is 28.7 Å². The van der Waals surface area contributed by atoms with Gasteiger partial charge in [0.1, 0.15) is 5.82 Å². The lowest BCUT2D eigenvalue weighted by atomic mass is 9.94. The zero-order valence-corrected chi connectivity index (χ0v) is 9.56. The maximum absolute atomic E-state index is 13.3. The first-order chi connectivity index (χ1) is 6.20. The third kappa shape index (κ3) is 1.52. The van der Waals surface area contributed by atoms with Crippen molar-refractivity contribution in [3.63, 3.8) is 0 Å². The van der Waals surface area contributed by atoms with Gasteiger partial charge in [-0.15, -0.1) is 0 Å². The molecule has 2 heteroatoms. The summed E-state index contributed by atoms with van der Waals surface area (Å²) in [6, 6.07) is 1.62. The lowest BCUT2D eigenvalue weighted by Gasteiger charge is -2.15. The molecular weight excluding hydrogens is 278 g/mol. The van der Waals surface area contributed by atoms with Crippen LogP contribution in [0, 0.1) is 16.3 Å². The van der Waals surface area contributed by atoms with Gasteiger partial charge in [0.05, 0.1) is 3.57 Å². The van der Waals surface area contributed by atoms with E-state index in [1.165, 1.54) is 11.1 Å². The second-order valence-electron chi connectivity index (χ2n) is 3.32. The maximum atomic E-state index is 13.3. The Morgan fingerprint density at radius 3 is 3.00 bits per heavy atom. The standard InChI is InChI=1S/C11H10FI/c1-7-6-10(12)11(13)9-5-3-2-4-8(7)9/h2,4,6H,3,5H2,1H3. The molecule has 0 unspecified atom stereocenters. The van der Waals surface area contributed by atoms with Crippen molar-refractivity contribution in [2.24, 2.45) is 0 Å². The molecule has 0 bridgehead atoms. The molecule has 0 heterocycles. The summed E-state index contributed by atoms with van der Waals surface area (Å²) in [5, 5.41) is 0. The first kappa shape index (κ1) is 9.19. The minimum absolute atomic E-state index is 0.0767. The number of benzene rings is 1. The van der Waals surface area contributed by atoms with Gasteiger partial charge in [0, 0.05) is 0 Å². The van der Waals surface area contributed by atoms with E-state index in [9.17, 15) is 4.39 Å². The number of halogens is 2. The van der Waals surface area contributed by atoms with Gasteiger partial charge in [-0.1, -0.05) is 12.2 Å². The molecule has 1 aliphatic rings. The number of aryl methyl sites for hydroxylation is 1. The second-order valence-corrected chi connectivity index (χ2v) is 4.40. The van der Waals surface area contributed by atoms with Crippen LogP contribution in [0.5, 0.6) is 0 Å². The summed E-state index contributed by atoms with van der Waals surface area (Å²) in [6.07, 6.45) is 6.27. The zero-order valence-electron chi connectivity index (χ0n) is 7.40. The average Bonchev–Trinajstić information content (AvgIpc) is 2.15. The van der Waals surface area contributed by atoms with Gasteiger partial charge in [0.15, 0.2) is 0 Å². The first-order valence-electron chi connectivity index (χ1n) is 4.34. The molecule has 1 aromatic carbocycles. The monoisotopic (exact) mass is 288 g/mol. The van der Waals surface area contributed by atoms with E-state index < -0.39 is 0 Å². The molecule has 13 heavy (non-hydrogen) atoms. The van der Waals surface area contributed by atoms with Crippen molar-refractivity contribution < 1.29 is 4.39 Å². The van der Waals surface area contributed by atoms with Gasteiger partial charge < -0.3 is 0 Å². The molecule has 0 aromatic heterocycles. The van der Waals surface area contributed by atoms with Crippen molar-refractivity contribution in [2.45, 2.75) is 19.8 Å². The van der Waals surface area contributed by atoms with Crippen molar-refractivity contribution in [1.29, 1.82) is 0 Å². The summed E-state index contributed by atoms with van der Waals surface area (Å²) >= 11 is 2.10. The molecule has 0 saturated heterocycles.